The molecule has 0 aliphatic rings. The maximum Gasteiger partial charge on any atom is 0.331 e. The lowest BCUT2D eigenvalue weighted by molar-refractivity contribution is -0.142. The molecule has 142 valence electrons. The zero-order chi connectivity index (χ0) is 19.6. The number of esters is 1. The highest BCUT2D eigenvalue weighted by molar-refractivity contribution is 5.95. The average molecular weight is 367 g/mol. The molecule has 0 aliphatic carbocycles. The van der Waals surface area contributed by atoms with E-state index >= 15 is 0 Å². The SMILES string of the molecule is CCOc1ccccc1/C=C/C(=O)OCC(=O)Nc1ccccc1C(C)C. The van der Waals surface area contributed by atoms with Crippen molar-refractivity contribution in [3.8, 4) is 5.75 Å². The van der Waals surface area contributed by atoms with Gasteiger partial charge < -0.3 is 14.8 Å². The van der Waals surface area contributed by atoms with Crippen molar-refractivity contribution >= 4 is 23.6 Å². The van der Waals surface area contributed by atoms with Crippen molar-refractivity contribution in [3.05, 3.63) is 65.7 Å². The van der Waals surface area contributed by atoms with E-state index in [1.807, 2.05) is 55.5 Å². The molecule has 0 bridgehead atoms. The molecule has 0 saturated carbocycles. The molecule has 0 radical (unpaired) electrons. The average Bonchev–Trinajstić information content (AvgIpc) is 2.66. The van der Waals surface area contributed by atoms with Crippen molar-refractivity contribution in [2.75, 3.05) is 18.5 Å². The van der Waals surface area contributed by atoms with E-state index in [0.717, 1.165) is 16.8 Å². The molecule has 2 rings (SSSR count). The zero-order valence-electron chi connectivity index (χ0n) is 15.9. The molecule has 0 aromatic heterocycles. The molecule has 0 heterocycles. The summed E-state index contributed by atoms with van der Waals surface area (Å²) in [6.07, 6.45) is 2.90. The molecular formula is C22H25NO4. The standard InChI is InChI=1S/C22H25NO4/c1-4-26-20-12-8-5-9-17(20)13-14-22(25)27-15-21(24)23-19-11-7-6-10-18(19)16(2)3/h5-14,16H,4,15H2,1-3H3,(H,23,24)/b14-13+. The van der Waals surface area contributed by atoms with Crippen molar-refractivity contribution in [2.24, 2.45) is 0 Å². The first-order chi connectivity index (χ1) is 13.0. The van der Waals surface area contributed by atoms with Gasteiger partial charge in [-0.3, -0.25) is 4.79 Å². The number of ether oxygens (including phenoxy) is 2. The second kappa shape index (κ2) is 10.2. The van der Waals surface area contributed by atoms with Crippen molar-refractivity contribution in [3.63, 3.8) is 0 Å². The van der Waals surface area contributed by atoms with Gasteiger partial charge in [0.15, 0.2) is 6.61 Å². The Morgan fingerprint density at radius 2 is 1.78 bits per heavy atom. The predicted octanol–water partition coefficient (Wildman–Crippen LogP) is 4.40. The Morgan fingerprint density at radius 3 is 2.52 bits per heavy atom. The van der Waals surface area contributed by atoms with Gasteiger partial charge in [0.05, 0.1) is 6.61 Å². The van der Waals surface area contributed by atoms with Crippen LogP contribution in [0.1, 0.15) is 37.8 Å². The Balaban J connectivity index is 1.90. The molecule has 5 nitrogen and oxygen atoms in total. The van der Waals surface area contributed by atoms with E-state index in [2.05, 4.69) is 19.2 Å². The molecule has 0 unspecified atom stereocenters. The van der Waals surface area contributed by atoms with Gasteiger partial charge in [-0.1, -0.05) is 50.2 Å². The quantitative estimate of drug-likeness (QED) is 0.555. The molecule has 5 heteroatoms. The number of benzene rings is 2. The predicted molar refractivity (Wildman–Crippen MR) is 107 cm³/mol. The van der Waals surface area contributed by atoms with Crippen LogP contribution < -0.4 is 10.1 Å². The van der Waals surface area contributed by atoms with Gasteiger partial charge in [0.2, 0.25) is 0 Å². The first kappa shape index (κ1) is 20.2. The third-order valence-corrected chi connectivity index (χ3v) is 3.82. The maximum absolute atomic E-state index is 12.1. The van der Waals surface area contributed by atoms with E-state index < -0.39 is 5.97 Å². The van der Waals surface area contributed by atoms with Gasteiger partial charge in [-0.25, -0.2) is 4.79 Å². The lowest BCUT2D eigenvalue weighted by Gasteiger charge is -2.13. The normalized spacial score (nSPS) is 10.8. The van der Waals surface area contributed by atoms with E-state index in [0.29, 0.717) is 12.4 Å². The van der Waals surface area contributed by atoms with Crippen molar-refractivity contribution < 1.29 is 19.1 Å². The third kappa shape index (κ3) is 6.29. The topological polar surface area (TPSA) is 64.6 Å². The van der Waals surface area contributed by atoms with Gasteiger partial charge in [0.1, 0.15) is 5.75 Å². The second-order valence-electron chi connectivity index (χ2n) is 6.20. The Labute approximate surface area is 160 Å². The summed E-state index contributed by atoms with van der Waals surface area (Å²) in [5.74, 6) is -0.00219. The summed E-state index contributed by atoms with van der Waals surface area (Å²) in [6.45, 7) is 6.19. The molecule has 0 aliphatic heterocycles. The maximum atomic E-state index is 12.1. The number of rotatable bonds is 8. The van der Waals surface area contributed by atoms with Gasteiger partial charge in [-0.2, -0.15) is 0 Å². The van der Waals surface area contributed by atoms with Crippen LogP contribution in [0.4, 0.5) is 5.69 Å². The number of hydrogen-bond donors (Lipinski definition) is 1. The van der Waals surface area contributed by atoms with Crippen LogP contribution >= 0.6 is 0 Å². The molecule has 0 spiro atoms. The summed E-state index contributed by atoms with van der Waals surface area (Å²) >= 11 is 0. The number of carbonyl (C=O) groups excluding carboxylic acids is 2. The van der Waals surface area contributed by atoms with Gasteiger partial charge in [0, 0.05) is 17.3 Å². The van der Waals surface area contributed by atoms with Crippen LogP contribution in [-0.2, 0) is 14.3 Å². The van der Waals surface area contributed by atoms with Crippen molar-refractivity contribution in [1.82, 2.24) is 0 Å². The Kier molecular flexibility index (Phi) is 7.62. The number of nitrogens with one attached hydrogen (secondary N) is 1. The minimum atomic E-state index is -0.589. The van der Waals surface area contributed by atoms with Crippen LogP contribution in [0.15, 0.2) is 54.6 Å². The van der Waals surface area contributed by atoms with Crippen LogP contribution in [-0.4, -0.2) is 25.1 Å². The van der Waals surface area contributed by atoms with Crippen LogP contribution in [0.2, 0.25) is 0 Å². The van der Waals surface area contributed by atoms with Crippen LogP contribution in [0, 0.1) is 0 Å². The summed E-state index contributed by atoms with van der Waals surface area (Å²) in [5.41, 5.74) is 2.53. The van der Waals surface area contributed by atoms with E-state index in [4.69, 9.17) is 9.47 Å². The number of hydrogen-bond acceptors (Lipinski definition) is 4. The number of anilines is 1. The van der Waals surface area contributed by atoms with Gasteiger partial charge in [-0.15, -0.1) is 0 Å². The fraction of sp³-hybridized carbons (Fsp3) is 0.273. The fourth-order valence-corrected chi connectivity index (χ4v) is 2.55. The van der Waals surface area contributed by atoms with Crippen molar-refractivity contribution in [1.29, 1.82) is 0 Å². The monoisotopic (exact) mass is 367 g/mol. The molecule has 0 fully saturated rings. The smallest absolute Gasteiger partial charge is 0.331 e. The summed E-state index contributed by atoms with van der Waals surface area (Å²) in [6, 6.07) is 15.0. The van der Waals surface area contributed by atoms with E-state index in [1.165, 1.54) is 6.08 Å². The highest BCUT2D eigenvalue weighted by Crippen LogP contribution is 2.23. The Hall–Kier alpha value is -3.08. The summed E-state index contributed by atoms with van der Waals surface area (Å²) < 4.78 is 10.5. The summed E-state index contributed by atoms with van der Waals surface area (Å²) in [4.78, 5) is 24.0. The van der Waals surface area contributed by atoms with Gasteiger partial charge in [-0.05, 0) is 36.6 Å². The largest absolute Gasteiger partial charge is 0.493 e. The van der Waals surface area contributed by atoms with Crippen LogP contribution in [0.25, 0.3) is 6.08 Å². The van der Waals surface area contributed by atoms with Gasteiger partial charge in [0.25, 0.3) is 5.91 Å². The molecule has 27 heavy (non-hydrogen) atoms. The van der Waals surface area contributed by atoms with E-state index in [1.54, 1.807) is 6.08 Å². The lowest BCUT2D eigenvalue weighted by Crippen LogP contribution is -2.21. The molecule has 2 aromatic rings. The molecule has 1 N–H and O–H groups in total. The minimum absolute atomic E-state index is 0.275. The molecule has 0 atom stereocenters. The highest BCUT2D eigenvalue weighted by atomic mass is 16.5. The zero-order valence-corrected chi connectivity index (χ0v) is 15.9. The van der Waals surface area contributed by atoms with E-state index in [-0.39, 0.29) is 18.4 Å². The fourth-order valence-electron chi connectivity index (χ4n) is 2.55. The Morgan fingerprint density at radius 1 is 1.07 bits per heavy atom. The van der Waals surface area contributed by atoms with Crippen LogP contribution in [0.3, 0.4) is 0 Å². The molecular weight excluding hydrogens is 342 g/mol. The summed E-state index contributed by atoms with van der Waals surface area (Å²) in [5, 5.41) is 2.79. The van der Waals surface area contributed by atoms with Crippen molar-refractivity contribution in [2.45, 2.75) is 26.7 Å². The lowest BCUT2D eigenvalue weighted by atomic mass is 10.0. The van der Waals surface area contributed by atoms with Crippen LogP contribution in [0.5, 0.6) is 5.75 Å². The minimum Gasteiger partial charge on any atom is -0.493 e. The second-order valence-corrected chi connectivity index (χ2v) is 6.20. The van der Waals surface area contributed by atoms with Gasteiger partial charge >= 0.3 is 5.97 Å². The summed E-state index contributed by atoms with van der Waals surface area (Å²) in [7, 11) is 0. The first-order valence-electron chi connectivity index (χ1n) is 8.96. The Bertz CT molecular complexity index is 811. The molecule has 1 amide bonds. The number of amides is 1. The van der Waals surface area contributed by atoms with E-state index in [9.17, 15) is 9.59 Å². The third-order valence-electron chi connectivity index (χ3n) is 3.82. The molecule has 0 saturated heterocycles. The molecule has 2 aromatic carbocycles. The number of para-hydroxylation sites is 2. The highest BCUT2D eigenvalue weighted by Gasteiger charge is 2.10. The first-order valence-corrected chi connectivity index (χ1v) is 8.96. The number of carbonyl (C=O) groups is 2.